The number of halogens is 1. The quantitative estimate of drug-likeness (QED) is 0.537. The summed E-state index contributed by atoms with van der Waals surface area (Å²) in [5.41, 5.74) is 2.63. The fourth-order valence-corrected chi connectivity index (χ4v) is 4.65. The summed E-state index contributed by atoms with van der Waals surface area (Å²) >= 11 is 1.30. The number of benzene rings is 2. The molecule has 2 aromatic carbocycles. The van der Waals surface area contributed by atoms with Crippen molar-refractivity contribution in [2.75, 3.05) is 5.32 Å². The van der Waals surface area contributed by atoms with Gasteiger partial charge in [0.2, 0.25) is 0 Å². The van der Waals surface area contributed by atoms with Crippen molar-refractivity contribution in [3.8, 4) is 5.69 Å². The predicted molar refractivity (Wildman–Crippen MR) is 124 cm³/mol. The van der Waals surface area contributed by atoms with Gasteiger partial charge in [-0.2, -0.15) is 4.99 Å². The van der Waals surface area contributed by atoms with Crippen molar-refractivity contribution in [2.24, 2.45) is 4.99 Å². The topological polar surface area (TPSA) is 83.7 Å². The number of amides is 1. The number of carbonyl (C=O) groups excluding carboxylic acids is 1. The van der Waals surface area contributed by atoms with Crippen LogP contribution >= 0.6 is 11.8 Å². The van der Waals surface area contributed by atoms with Gasteiger partial charge in [0.05, 0.1) is 11.2 Å². The summed E-state index contributed by atoms with van der Waals surface area (Å²) in [6.45, 7) is 1.70. The third-order valence-electron chi connectivity index (χ3n) is 5.33. The van der Waals surface area contributed by atoms with Gasteiger partial charge >= 0.3 is 5.97 Å². The van der Waals surface area contributed by atoms with E-state index in [2.05, 4.69) is 10.3 Å². The van der Waals surface area contributed by atoms with E-state index in [0.29, 0.717) is 23.7 Å². The van der Waals surface area contributed by atoms with Crippen LogP contribution in [0.15, 0.2) is 72.0 Å². The molecule has 0 fully saturated rings. The highest BCUT2D eigenvalue weighted by molar-refractivity contribution is 8.15. The number of anilines is 1. The van der Waals surface area contributed by atoms with Crippen LogP contribution in [0.1, 0.15) is 30.4 Å². The minimum atomic E-state index is -1.06. The number of nitrogens with zero attached hydrogens (tertiary/aromatic N) is 2. The Balaban J connectivity index is 1.39. The van der Waals surface area contributed by atoms with E-state index in [9.17, 15) is 19.1 Å². The first-order valence-corrected chi connectivity index (χ1v) is 11.1. The monoisotopic (exact) mass is 451 g/mol. The van der Waals surface area contributed by atoms with E-state index in [4.69, 9.17) is 0 Å². The Bertz CT molecular complexity index is 1160. The van der Waals surface area contributed by atoms with Crippen LogP contribution in [-0.2, 0) is 16.0 Å². The second-order valence-corrected chi connectivity index (χ2v) is 8.67. The number of carboxylic acid groups (broad SMARTS) is 1. The Kier molecular flexibility index (Phi) is 6.41. The first-order valence-electron chi connectivity index (χ1n) is 10.3. The molecule has 0 saturated carbocycles. The number of aliphatic carboxylic acids is 1. The molecule has 1 amide bonds. The molecule has 0 saturated heterocycles. The summed E-state index contributed by atoms with van der Waals surface area (Å²) in [5, 5.41) is 12.3. The average Bonchev–Trinajstić information content (AvgIpc) is 3.41. The maximum atomic E-state index is 14.5. The lowest BCUT2D eigenvalue weighted by Crippen LogP contribution is -2.14. The summed E-state index contributed by atoms with van der Waals surface area (Å²) in [7, 11) is 0. The third-order valence-corrected chi connectivity index (χ3v) is 6.40. The van der Waals surface area contributed by atoms with Crippen LogP contribution < -0.4 is 5.32 Å². The number of nitrogens with one attached hydrogen (secondary N) is 1. The van der Waals surface area contributed by atoms with Crippen LogP contribution in [0.25, 0.3) is 5.69 Å². The van der Waals surface area contributed by atoms with Gasteiger partial charge < -0.3 is 15.0 Å². The number of hydrogen-bond acceptors (Lipinski definition) is 4. The molecule has 1 aliphatic heterocycles. The molecule has 8 heteroatoms. The predicted octanol–water partition coefficient (Wildman–Crippen LogP) is 4.85. The molecule has 0 aliphatic carbocycles. The molecule has 1 aliphatic rings. The van der Waals surface area contributed by atoms with Gasteiger partial charge in [-0.05, 0) is 54.8 Å². The van der Waals surface area contributed by atoms with Gasteiger partial charge in [-0.3, -0.25) is 9.59 Å². The zero-order valence-electron chi connectivity index (χ0n) is 17.4. The molecule has 2 unspecified atom stereocenters. The molecule has 2 heterocycles. The highest BCUT2D eigenvalue weighted by Gasteiger charge is 2.29. The van der Waals surface area contributed by atoms with Gasteiger partial charge in [0.1, 0.15) is 5.82 Å². The normalized spacial score (nSPS) is 16.6. The number of aliphatic imine (C=N–C) groups is 1. The molecule has 4 rings (SSSR count). The third kappa shape index (κ3) is 4.75. The van der Waals surface area contributed by atoms with E-state index < -0.39 is 17.7 Å². The number of aromatic nitrogens is 1. The summed E-state index contributed by atoms with van der Waals surface area (Å²) in [6, 6.07) is 16.2. The Labute approximate surface area is 189 Å². The highest BCUT2D eigenvalue weighted by atomic mass is 32.2. The van der Waals surface area contributed by atoms with Crippen LogP contribution in [0.3, 0.4) is 0 Å². The maximum absolute atomic E-state index is 14.5. The lowest BCUT2D eigenvalue weighted by Gasteiger charge is -2.13. The Hall–Kier alpha value is -3.39. The molecule has 0 spiro atoms. The molecule has 2 N–H and O–H groups in total. The first kappa shape index (κ1) is 21.8. The Morgan fingerprint density at radius 3 is 2.56 bits per heavy atom. The van der Waals surface area contributed by atoms with Crippen molar-refractivity contribution in [1.82, 2.24) is 4.57 Å². The molecule has 3 aromatic rings. The summed E-state index contributed by atoms with van der Waals surface area (Å²) in [5.74, 6) is -2.78. The van der Waals surface area contributed by atoms with Crippen LogP contribution in [0.5, 0.6) is 0 Å². The van der Waals surface area contributed by atoms with Crippen molar-refractivity contribution in [1.29, 1.82) is 0 Å². The lowest BCUT2D eigenvalue weighted by atomic mass is 9.96. The highest BCUT2D eigenvalue weighted by Crippen LogP contribution is 2.29. The van der Waals surface area contributed by atoms with Crippen molar-refractivity contribution in [2.45, 2.75) is 30.9 Å². The van der Waals surface area contributed by atoms with E-state index in [0.717, 1.165) is 11.3 Å². The number of carboxylic acids is 1. The lowest BCUT2D eigenvalue weighted by molar-refractivity contribution is -0.139. The average molecular weight is 452 g/mol. The molecule has 0 radical (unpaired) electrons. The van der Waals surface area contributed by atoms with Crippen molar-refractivity contribution >= 4 is 34.5 Å². The fraction of sp³-hybridized carbons (Fsp3) is 0.208. The van der Waals surface area contributed by atoms with Crippen molar-refractivity contribution in [3.63, 3.8) is 0 Å². The minimum absolute atomic E-state index is 0.142. The minimum Gasteiger partial charge on any atom is -0.481 e. The number of hydrogen-bond donors (Lipinski definition) is 2. The molecular formula is C24H22FN3O3S. The fourth-order valence-electron chi connectivity index (χ4n) is 3.63. The van der Waals surface area contributed by atoms with Crippen molar-refractivity contribution in [3.05, 3.63) is 83.9 Å². The van der Waals surface area contributed by atoms with Gasteiger partial charge in [-0.1, -0.05) is 36.9 Å². The van der Waals surface area contributed by atoms with Crippen LogP contribution in [0.2, 0.25) is 0 Å². The second kappa shape index (κ2) is 9.40. The van der Waals surface area contributed by atoms with E-state index in [1.54, 1.807) is 13.0 Å². The number of amidine groups is 1. The van der Waals surface area contributed by atoms with Crippen LogP contribution in [0.4, 0.5) is 10.1 Å². The summed E-state index contributed by atoms with van der Waals surface area (Å²) in [6.07, 6.45) is 4.77. The van der Waals surface area contributed by atoms with Crippen LogP contribution in [-0.4, -0.2) is 32.0 Å². The van der Waals surface area contributed by atoms with Crippen LogP contribution in [0, 0.1) is 5.82 Å². The molecule has 32 heavy (non-hydrogen) atoms. The van der Waals surface area contributed by atoms with Gasteiger partial charge in [-0.25, -0.2) is 4.39 Å². The molecule has 164 valence electrons. The Morgan fingerprint density at radius 1 is 1.22 bits per heavy atom. The zero-order valence-corrected chi connectivity index (χ0v) is 18.2. The standard InChI is InChI=1S/C24H22FN3O3S/c1-2-18(23(30)31)19-10-7-16(14-20(19)25)26-24-27-22(29)21(32-24)13-15-5-8-17(9-6-15)28-11-3-4-12-28/h3-12,14,18,21H,2,13H2,1H3,(H,30,31)(H,26,27,29). The van der Waals surface area contributed by atoms with E-state index in [1.807, 2.05) is 53.4 Å². The van der Waals surface area contributed by atoms with Crippen molar-refractivity contribution < 1.29 is 19.1 Å². The summed E-state index contributed by atoms with van der Waals surface area (Å²) in [4.78, 5) is 27.7. The number of rotatable bonds is 7. The largest absolute Gasteiger partial charge is 0.481 e. The van der Waals surface area contributed by atoms with Gasteiger partial charge in [0, 0.05) is 29.3 Å². The van der Waals surface area contributed by atoms with E-state index >= 15 is 0 Å². The molecule has 0 bridgehead atoms. The SMILES string of the molecule is CCC(C(=O)O)c1ccc(NC2=NC(=O)C(Cc3ccc(-n4cccc4)cc3)S2)cc1F. The van der Waals surface area contributed by atoms with Gasteiger partial charge in [0.25, 0.3) is 5.91 Å². The second-order valence-electron chi connectivity index (χ2n) is 7.48. The molecule has 6 nitrogen and oxygen atoms in total. The van der Waals surface area contributed by atoms with Gasteiger partial charge in [-0.15, -0.1) is 0 Å². The number of thioether (sulfide) groups is 1. The van der Waals surface area contributed by atoms with E-state index in [1.165, 1.54) is 23.9 Å². The molecular weight excluding hydrogens is 429 g/mol. The first-order chi connectivity index (χ1) is 15.4. The smallest absolute Gasteiger partial charge is 0.311 e. The zero-order chi connectivity index (χ0) is 22.7. The van der Waals surface area contributed by atoms with Gasteiger partial charge in [0.15, 0.2) is 5.17 Å². The molecule has 1 aromatic heterocycles. The number of carbonyl (C=O) groups is 2. The molecule has 2 atom stereocenters. The summed E-state index contributed by atoms with van der Waals surface area (Å²) < 4.78 is 16.5. The Morgan fingerprint density at radius 2 is 1.94 bits per heavy atom. The maximum Gasteiger partial charge on any atom is 0.311 e. The van der Waals surface area contributed by atoms with E-state index in [-0.39, 0.29) is 16.7 Å².